The van der Waals surface area contributed by atoms with Crippen molar-refractivity contribution >= 4 is 30.5 Å². The zero-order chi connectivity index (χ0) is 23.0. The maximum absolute atomic E-state index is 7.12. The number of thioether (sulfide) groups is 1. The number of hydrogen-bond acceptors (Lipinski definition) is 4. The summed E-state index contributed by atoms with van der Waals surface area (Å²) in [7, 11) is -2.54. The summed E-state index contributed by atoms with van der Waals surface area (Å²) in [5, 5.41) is 3.40. The molecule has 0 amide bonds. The maximum Gasteiger partial charge on any atom is 0.261 e. The van der Waals surface area contributed by atoms with Crippen molar-refractivity contribution in [2.24, 2.45) is 11.8 Å². The molecule has 2 atom stereocenters. The van der Waals surface area contributed by atoms with Crippen molar-refractivity contribution in [3.05, 3.63) is 91.8 Å². The molecule has 3 aromatic rings. The highest BCUT2D eigenvalue weighted by atomic mass is 32.2. The molecule has 168 valence electrons. The van der Waals surface area contributed by atoms with E-state index in [0.717, 1.165) is 10.9 Å². The van der Waals surface area contributed by atoms with Crippen molar-refractivity contribution in [3.8, 4) is 0 Å². The van der Waals surface area contributed by atoms with Gasteiger partial charge in [0.15, 0.2) is 5.16 Å². The first-order valence-corrected chi connectivity index (χ1v) is 14.0. The van der Waals surface area contributed by atoms with E-state index in [4.69, 9.17) is 4.43 Å². The Labute approximate surface area is 198 Å². The van der Waals surface area contributed by atoms with E-state index in [9.17, 15) is 0 Å². The van der Waals surface area contributed by atoms with E-state index >= 15 is 0 Å². The molecule has 0 fully saturated rings. The number of benzene rings is 2. The van der Waals surface area contributed by atoms with Crippen molar-refractivity contribution in [3.63, 3.8) is 0 Å². The Hall–Kier alpha value is -2.21. The van der Waals surface area contributed by atoms with Gasteiger partial charge in [-0.3, -0.25) is 0 Å². The molecule has 0 saturated heterocycles. The smallest absolute Gasteiger partial charge is 0.261 e. The minimum atomic E-state index is -2.54. The van der Waals surface area contributed by atoms with E-state index in [-0.39, 0.29) is 11.0 Å². The fraction of sp³-hybridized carbons (Fsp3) is 0.333. The van der Waals surface area contributed by atoms with E-state index in [2.05, 4.69) is 111 Å². The Kier molecular flexibility index (Phi) is 8.46. The Morgan fingerprint density at radius 1 is 0.938 bits per heavy atom. The minimum Gasteiger partial charge on any atom is -0.407 e. The second-order valence-corrected chi connectivity index (χ2v) is 14.5. The van der Waals surface area contributed by atoms with Crippen LogP contribution in [0.4, 0.5) is 0 Å². The predicted octanol–water partition coefficient (Wildman–Crippen LogP) is 5.58. The summed E-state index contributed by atoms with van der Waals surface area (Å²) >= 11 is 1.69. The fourth-order valence-electron chi connectivity index (χ4n) is 4.14. The first-order valence-electron chi connectivity index (χ1n) is 11.2. The average Bonchev–Trinajstić information content (AvgIpc) is 2.81. The first-order chi connectivity index (χ1) is 15.4. The lowest BCUT2D eigenvalue weighted by molar-refractivity contribution is 0.231. The maximum atomic E-state index is 7.12. The Balaban J connectivity index is 1.86. The SMILES string of the molecule is C=C[C@H](CO[Si](c1ccccc1)(c1ccccc1)C(C)(C)C)[C@H](C)CSc1ncccn1. The van der Waals surface area contributed by atoms with Crippen LogP contribution in [0.2, 0.25) is 5.04 Å². The van der Waals surface area contributed by atoms with Gasteiger partial charge in [-0.2, -0.15) is 0 Å². The van der Waals surface area contributed by atoms with Gasteiger partial charge in [-0.25, -0.2) is 9.97 Å². The van der Waals surface area contributed by atoms with Crippen molar-refractivity contribution in [1.82, 2.24) is 9.97 Å². The summed E-state index contributed by atoms with van der Waals surface area (Å²) in [5.41, 5.74) is 0. The molecule has 32 heavy (non-hydrogen) atoms. The van der Waals surface area contributed by atoms with Gasteiger partial charge in [-0.05, 0) is 27.4 Å². The van der Waals surface area contributed by atoms with E-state index in [1.54, 1.807) is 24.2 Å². The highest BCUT2D eigenvalue weighted by Crippen LogP contribution is 2.37. The number of aromatic nitrogens is 2. The molecule has 0 spiro atoms. The van der Waals surface area contributed by atoms with Gasteiger partial charge in [0.05, 0.1) is 0 Å². The molecule has 2 aromatic carbocycles. The molecule has 1 aromatic heterocycles. The molecule has 0 radical (unpaired) electrons. The monoisotopic (exact) mass is 462 g/mol. The van der Waals surface area contributed by atoms with Gasteiger partial charge >= 0.3 is 0 Å². The lowest BCUT2D eigenvalue weighted by Crippen LogP contribution is -2.67. The number of nitrogens with zero attached hydrogens (tertiary/aromatic N) is 2. The summed E-state index contributed by atoms with van der Waals surface area (Å²) in [6.07, 6.45) is 5.63. The molecule has 0 aliphatic heterocycles. The van der Waals surface area contributed by atoms with Gasteiger partial charge in [0.25, 0.3) is 8.32 Å². The topological polar surface area (TPSA) is 35.0 Å². The molecule has 1 heterocycles. The van der Waals surface area contributed by atoms with Crippen molar-refractivity contribution in [2.75, 3.05) is 12.4 Å². The first kappa shape index (κ1) is 24.4. The van der Waals surface area contributed by atoms with Crippen LogP contribution in [0.1, 0.15) is 27.7 Å². The van der Waals surface area contributed by atoms with Crippen molar-refractivity contribution < 1.29 is 4.43 Å². The van der Waals surface area contributed by atoms with Crippen LogP contribution >= 0.6 is 11.8 Å². The van der Waals surface area contributed by atoms with E-state index in [1.807, 2.05) is 6.07 Å². The Bertz CT molecular complexity index is 922. The summed E-state index contributed by atoms with van der Waals surface area (Å²) in [6, 6.07) is 23.4. The lowest BCUT2D eigenvalue weighted by atomic mass is 9.97. The van der Waals surface area contributed by atoms with Gasteiger partial charge in [-0.15, -0.1) is 6.58 Å². The van der Waals surface area contributed by atoms with Crippen LogP contribution in [-0.2, 0) is 4.43 Å². The molecule has 0 unspecified atom stereocenters. The molecule has 3 rings (SSSR count). The average molecular weight is 463 g/mol. The van der Waals surface area contributed by atoms with Crippen LogP contribution in [-0.4, -0.2) is 30.6 Å². The van der Waals surface area contributed by atoms with Gasteiger partial charge in [-0.1, -0.05) is 106 Å². The van der Waals surface area contributed by atoms with Crippen LogP contribution in [0.25, 0.3) is 0 Å². The Morgan fingerprint density at radius 3 is 1.94 bits per heavy atom. The summed E-state index contributed by atoms with van der Waals surface area (Å²) in [6.45, 7) is 14.0. The zero-order valence-electron chi connectivity index (χ0n) is 19.6. The number of rotatable bonds is 10. The summed E-state index contributed by atoms with van der Waals surface area (Å²) < 4.78 is 7.12. The van der Waals surface area contributed by atoms with Gasteiger partial charge in [0, 0.05) is 30.7 Å². The molecular formula is C27H34N2OSSi. The van der Waals surface area contributed by atoms with Crippen LogP contribution in [0, 0.1) is 11.8 Å². The second-order valence-electron chi connectivity index (χ2n) is 9.19. The molecular weight excluding hydrogens is 428 g/mol. The summed E-state index contributed by atoms with van der Waals surface area (Å²) in [4.78, 5) is 8.67. The lowest BCUT2D eigenvalue weighted by Gasteiger charge is -2.44. The van der Waals surface area contributed by atoms with Crippen molar-refractivity contribution in [1.29, 1.82) is 0 Å². The van der Waals surface area contributed by atoms with Gasteiger partial charge in [0.1, 0.15) is 0 Å². The number of hydrogen-bond donors (Lipinski definition) is 0. The summed E-state index contributed by atoms with van der Waals surface area (Å²) in [5.74, 6) is 1.55. The molecule has 0 bridgehead atoms. The highest BCUT2D eigenvalue weighted by molar-refractivity contribution is 7.99. The Morgan fingerprint density at radius 2 is 1.47 bits per heavy atom. The normalized spacial score (nSPS) is 14.0. The van der Waals surface area contributed by atoms with Crippen LogP contribution in [0.15, 0.2) is 96.9 Å². The quantitative estimate of drug-likeness (QED) is 0.170. The largest absolute Gasteiger partial charge is 0.407 e. The second kappa shape index (κ2) is 11.1. The third kappa shape index (κ3) is 5.58. The van der Waals surface area contributed by atoms with Crippen LogP contribution in [0.5, 0.6) is 0 Å². The molecule has 3 nitrogen and oxygen atoms in total. The van der Waals surface area contributed by atoms with Gasteiger partial charge < -0.3 is 4.43 Å². The van der Waals surface area contributed by atoms with E-state index in [1.165, 1.54) is 10.4 Å². The third-order valence-electron chi connectivity index (χ3n) is 5.96. The molecule has 0 aliphatic carbocycles. The van der Waals surface area contributed by atoms with Crippen LogP contribution < -0.4 is 10.4 Å². The van der Waals surface area contributed by atoms with Gasteiger partial charge in [0.2, 0.25) is 0 Å². The zero-order valence-corrected chi connectivity index (χ0v) is 21.4. The molecule has 0 saturated carbocycles. The van der Waals surface area contributed by atoms with Crippen LogP contribution in [0.3, 0.4) is 0 Å². The molecule has 0 aliphatic rings. The third-order valence-corrected chi connectivity index (χ3v) is 12.1. The predicted molar refractivity (Wildman–Crippen MR) is 139 cm³/mol. The highest BCUT2D eigenvalue weighted by Gasteiger charge is 2.50. The minimum absolute atomic E-state index is 0.0305. The van der Waals surface area contributed by atoms with E-state index in [0.29, 0.717) is 12.5 Å². The van der Waals surface area contributed by atoms with E-state index < -0.39 is 8.32 Å². The standard InChI is InChI=1S/C27H34N2OSSi/c1-6-23(22(2)21-31-26-28-18-13-19-29-26)20-30-32(27(3,4)5,24-14-9-7-10-15-24)25-16-11-8-12-17-25/h6-19,22-23H,1,20-21H2,2-5H3/t22-,23-/m1/s1. The van der Waals surface area contributed by atoms with Crippen molar-refractivity contribution in [2.45, 2.75) is 37.9 Å². The molecule has 0 N–H and O–H groups in total. The molecule has 5 heteroatoms. The fourth-order valence-corrected chi connectivity index (χ4v) is 9.66.